The third kappa shape index (κ3) is 1.86. The van der Waals surface area contributed by atoms with E-state index in [0.717, 1.165) is 0 Å². The molecule has 1 unspecified atom stereocenters. The molecule has 1 atom stereocenters. The number of nitrogens with zero attached hydrogens (tertiary/aromatic N) is 4. The van der Waals surface area contributed by atoms with Gasteiger partial charge in [-0.2, -0.15) is 5.26 Å². The molecule has 0 radical (unpaired) electrons. The number of hydrogen-bond donors (Lipinski definition) is 0. The summed E-state index contributed by atoms with van der Waals surface area (Å²) in [6.45, 7) is 3.96. The van der Waals surface area contributed by atoms with Crippen molar-refractivity contribution in [2.45, 2.75) is 19.8 Å². The monoisotopic (exact) mass is 234 g/mol. The fourth-order valence-electron chi connectivity index (χ4n) is 1.51. The average Bonchev–Trinajstić information content (AvgIpc) is 2.60. The Balaban J connectivity index is 2.51. The molecular weight excluding hydrogens is 224 g/mol. The van der Waals surface area contributed by atoms with Gasteiger partial charge in [0.15, 0.2) is 11.5 Å². The number of nitriles is 1. The Bertz CT molecular complexity index is 553. The predicted octanol–water partition coefficient (Wildman–Crippen LogP) is 2.65. The van der Waals surface area contributed by atoms with Crippen LogP contribution in [0.4, 0.5) is 0 Å². The molecule has 82 valence electrons. The van der Waals surface area contributed by atoms with Crippen LogP contribution in [0.2, 0.25) is 5.02 Å². The van der Waals surface area contributed by atoms with Crippen LogP contribution >= 0.6 is 11.6 Å². The Kier molecular flexibility index (Phi) is 2.80. The van der Waals surface area contributed by atoms with Crippen LogP contribution in [0.1, 0.15) is 25.6 Å². The smallest absolute Gasteiger partial charge is 0.169 e. The van der Waals surface area contributed by atoms with Gasteiger partial charge in [0, 0.05) is 6.20 Å². The van der Waals surface area contributed by atoms with Crippen molar-refractivity contribution >= 4 is 17.2 Å². The van der Waals surface area contributed by atoms with E-state index in [2.05, 4.69) is 16.2 Å². The number of fused-ring (bicyclic) bond motifs is 1. The van der Waals surface area contributed by atoms with Crippen molar-refractivity contribution in [2.24, 2.45) is 5.92 Å². The summed E-state index contributed by atoms with van der Waals surface area (Å²) in [7, 11) is 0. The fraction of sp³-hybridized carbons (Fsp3) is 0.364. The lowest BCUT2D eigenvalue weighted by Gasteiger charge is -2.07. The molecule has 0 saturated carbocycles. The molecule has 0 aliphatic carbocycles. The van der Waals surface area contributed by atoms with Gasteiger partial charge in [0.2, 0.25) is 0 Å². The highest BCUT2D eigenvalue weighted by Gasteiger charge is 2.20. The lowest BCUT2D eigenvalue weighted by molar-refractivity contribution is 0.561. The van der Waals surface area contributed by atoms with Crippen LogP contribution in [0, 0.1) is 17.2 Å². The van der Waals surface area contributed by atoms with E-state index in [4.69, 9.17) is 16.9 Å². The molecule has 0 N–H and O–H groups in total. The summed E-state index contributed by atoms with van der Waals surface area (Å²) in [6.07, 6.45) is 1.68. The molecule has 2 aromatic rings. The van der Waals surface area contributed by atoms with Gasteiger partial charge in [-0.05, 0) is 18.1 Å². The van der Waals surface area contributed by atoms with Gasteiger partial charge in [-0.1, -0.05) is 25.4 Å². The molecule has 0 aliphatic rings. The van der Waals surface area contributed by atoms with Gasteiger partial charge in [-0.25, -0.2) is 9.50 Å². The maximum atomic E-state index is 9.06. The maximum Gasteiger partial charge on any atom is 0.169 e. The Hall–Kier alpha value is -1.60. The summed E-state index contributed by atoms with van der Waals surface area (Å²) in [4.78, 5) is 4.32. The van der Waals surface area contributed by atoms with Crippen molar-refractivity contribution in [2.75, 3.05) is 0 Å². The quantitative estimate of drug-likeness (QED) is 0.803. The fourth-order valence-corrected chi connectivity index (χ4v) is 1.67. The summed E-state index contributed by atoms with van der Waals surface area (Å²) in [5, 5.41) is 13.9. The van der Waals surface area contributed by atoms with Crippen LogP contribution in [0.3, 0.4) is 0 Å². The molecule has 4 nitrogen and oxygen atoms in total. The molecule has 0 fully saturated rings. The van der Waals surface area contributed by atoms with Crippen molar-refractivity contribution in [3.8, 4) is 6.07 Å². The van der Waals surface area contributed by atoms with E-state index in [0.29, 0.717) is 16.5 Å². The molecule has 2 heterocycles. The zero-order valence-electron chi connectivity index (χ0n) is 9.05. The molecule has 5 heteroatoms. The molecule has 0 amide bonds. The second-order valence-electron chi connectivity index (χ2n) is 3.97. The summed E-state index contributed by atoms with van der Waals surface area (Å²) >= 11 is 5.85. The molecule has 16 heavy (non-hydrogen) atoms. The summed E-state index contributed by atoms with van der Waals surface area (Å²) in [6, 6.07) is 5.76. The first-order valence-electron chi connectivity index (χ1n) is 5.03. The van der Waals surface area contributed by atoms with Crippen LogP contribution in [-0.2, 0) is 0 Å². The zero-order valence-corrected chi connectivity index (χ0v) is 9.81. The maximum absolute atomic E-state index is 9.06. The van der Waals surface area contributed by atoms with Crippen molar-refractivity contribution in [3.63, 3.8) is 0 Å². The summed E-state index contributed by atoms with van der Waals surface area (Å²) in [5.41, 5.74) is 0.709. The normalized spacial score (nSPS) is 12.9. The summed E-state index contributed by atoms with van der Waals surface area (Å²) in [5.74, 6) is 0.469. The molecule has 2 aromatic heterocycles. The number of pyridine rings is 1. The number of aromatic nitrogens is 3. The highest BCUT2D eigenvalue weighted by Crippen LogP contribution is 2.21. The number of rotatable bonds is 2. The first kappa shape index (κ1) is 10.9. The summed E-state index contributed by atoms with van der Waals surface area (Å²) < 4.78 is 1.60. The third-order valence-electron chi connectivity index (χ3n) is 2.40. The average molecular weight is 235 g/mol. The van der Waals surface area contributed by atoms with E-state index in [1.54, 1.807) is 22.8 Å². The Morgan fingerprint density at radius 1 is 1.44 bits per heavy atom. The van der Waals surface area contributed by atoms with E-state index in [1.807, 2.05) is 13.8 Å². The van der Waals surface area contributed by atoms with E-state index < -0.39 is 0 Å². The van der Waals surface area contributed by atoms with Gasteiger partial charge >= 0.3 is 0 Å². The zero-order chi connectivity index (χ0) is 11.7. The van der Waals surface area contributed by atoms with Crippen LogP contribution in [-0.4, -0.2) is 14.6 Å². The molecule has 0 bridgehead atoms. The lowest BCUT2D eigenvalue weighted by atomic mass is 9.97. The molecule has 0 aromatic carbocycles. The van der Waals surface area contributed by atoms with Gasteiger partial charge in [0.05, 0.1) is 11.1 Å². The second-order valence-corrected chi connectivity index (χ2v) is 4.41. The minimum atomic E-state index is -0.279. The second kappa shape index (κ2) is 4.11. The van der Waals surface area contributed by atoms with Crippen molar-refractivity contribution < 1.29 is 0 Å². The van der Waals surface area contributed by atoms with E-state index in [1.165, 1.54) is 0 Å². The van der Waals surface area contributed by atoms with Gasteiger partial charge in [0.1, 0.15) is 5.92 Å². The topological polar surface area (TPSA) is 54.0 Å². The predicted molar refractivity (Wildman–Crippen MR) is 61.2 cm³/mol. The van der Waals surface area contributed by atoms with Crippen LogP contribution in [0.15, 0.2) is 18.3 Å². The molecule has 0 saturated heterocycles. The standard InChI is InChI=1S/C11H11ClN4/c1-7(2)9(5-13)11-14-10-4-3-8(12)6-16(10)15-11/h3-4,6-7,9H,1-2H3. The highest BCUT2D eigenvalue weighted by atomic mass is 35.5. The van der Waals surface area contributed by atoms with Gasteiger partial charge in [0.25, 0.3) is 0 Å². The first-order chi connectivity index (χ1) is 7.61. The molecule has 0 aliphatic heterocycles. The van der Waals surface area contributed by atoms with Crippen LogP contribution in [0.25, 0.3) is 5.65 Å². The Morgan fingerprint density at radius 3 is 2.81 bits per heavy atom. The minimum absolute atomic E-state index is 0.192. The Labute approximate surface area is 98.5 Å². The van der Waals surface area contributed by atoms with Gasteiger partial charge in [-0.15, -0.1) is 5.10 Å². The van der Waals surface area contributed by atoms with E-state index in [-0.39, 0.29) is 11.8 Å². The number of hydrogen-bond acceptors (Lipinski definition) is 3. The van der Waals surface area contributed by atoms with Gasteiger partial charge in [-0.3, -0.25) is 0 Å². The highest BCUT2D eigenvalue weighted by molar-refractivity contribution is 6.30. The van der Waals surface area contributed by atoms with Crippen LogP contribution < -0.4 is 0 Å². The van der Waals surface area contributed by atoms with E-state index >= 15 is 0 Å². The molecule has 0 spiro atoms. The van der Waals surface area contributed by atoms with Crippen LogP contribution in [0.5, 0.6) is 0 Å². The third-order valence-corrected chi connectivity index (χ3v) is 2.62. The largest absolute Gasteiger partial charge is 0.219 e. The molecule has 2 rings (SSSR count). The van der Waals surface area contributed by atoms with Gasteiger partial charge < -0.3 is 0 Å². The SMILES string of the molecule is CC(C)C(C#N)c1nc2ccc(Cl)cn2n1. The van der Waals surface area contributed by atoms with Crippen molar-refractivity contribution in [1.29, 1.82) is 5.26 Å². The van der Waals surface area contributed by atoms with Crippen molar-refractivity contribution in [3.05, 3.63) is 29.2 Å². The number of halogens is 1. The molecular formula is C11H11ClN4. The first-order valence-corrected chi connectivity index (χ1v) is 5.41. The Morgan fingerprint density at radius 2 is 2.19 bits per heavy atom. The van der Waals surface area contributed by atoms with E-state index in [9.17, 15) is 0 Å². The minimum Gasteiger partial charge on any atom is -0.219 e. The van der Waals surface area contributed by atoms with Crippen molar-refractivity contribution in [1.82, 2.24) is 14.6 Å². The lowest BCUT2D eigenvalue weighted by Crippen LogP contribution is -2.06.